The Morgan fingerprint density at radius 2 is 1.74 bits per heavy atom. The topological polar surface area (TPSA) is 66.3 Å². The molecular weight excluding hydrogens is 392 g/mol. The smallest absolute Gasteiger partial charge is 0.285 e. The number of nitrogens with one attached hydrogen (secondary N) is 2. The van der Waals surface area contributed by atoms with Gasteiger partial charge in [-0.3, -0.25) is 14.5 Å². The highest BCUT2D eigenvalue weighted by molar-refractivity contribution is 6.14. The Labute approximate surface area is 183 Å². The van der Waals surface area contributed by atoms with E-state index in [0.29, 0.717) is 5.69 Å². The van der Waals surface area contributed by atoms with Gasteiger partial charge < -0.3 is 19.9 Å². The number of methoxy groups -OCH3 is 1. The lowest BCUT2D eigenvalue weighted by Gasteiger charge is -2.44. The molecule has 2 aliphatic rings. The molecule has 0 spiro atoms. The highest BCUT2D eigenvalue weighted by atomic mass is 16.5. The van der Waals surface area contributed by atoms with Crippen molar-refractivity contribution in [2.45, 2.75) is 32.4 Å². The number of hydrogen-bond donors (Lipinski definition) is 2. The first-order valence-electron chi connectivity index (χ1n) is 10.8. The van der Waals surface area contributed by atoms with Crippen LogP contribution in [0.5, 0.6) is 5.75 Å². The van der Waals surface area contributed by atoms with Crippen LogP contribution >= 0.6 is 0 Å². The van der Waals surface area contributed by atoms with Crippen LogP contribution in [-0.2, 0) is 9.59 Å². The van der Waals surface area contributed by atoms with Crippen LogP contribution in [0.15, 0.2) is 48.5 Å². The standard InChI is InChI=1S/C24H30N4O3/c1-17(26-13-15-27(16-14-26)18-9-11-19(31-4)12-10-18)22(29)28-21-8-6-5-7-20(21)25-23(30)24(28,2)3/h5-12,17H,13-16H2,1-4H3,(H,25,30)/p+1/t17-/m0/s1. The maximum Gasteiger partial charge on any atom is 0.285 e. The molecule has 1 saturated heterocycles. The second kappa shape index (κ2) is 8.23. The van der Waals surface area contributed by atoms with Crippen LogP contribution in [0, 0.1) is 0 Å². The molecule has 31 heavy (non-hydrogen) atoms. The van der Waals surface area contributed by atoms with Gasteiger partial charge in [0.05, 0.1) is 44.7 Å². The van der Waals surface area contributed by atoms with Crippen molar-refractivity contribution in [3.05, 3.63) is 48.5 Å². The molecule has 0 aliphatic carbocycles. The van der Waals surface area contributed by atoms with Crippen molar-refractivity contribution >= 4 is 28.9 Å². The second-order valence-electron chi connectivity index (χ2n) is 8.77. The summed E-state index contributed by atoms with van der Waals surface area (Å²) >= 11 is 0. The van der Waals surface area contributed by atoms with Crippen molar-refractivity contribution in [1.29, 1.82) is 0 Å². The minimum Gasteiger partial charge on any atom is -0.497 e. The minimum atomic E-state index is -0.940. The third kappa shape index (κ3) is 3.85. The number of amides is 2. The van der Waals surface area contributed by atoms with Gasteiger partial charge in [-0.2, -0.15) is 0 Å². The fraction of sp³-hybridized carbons (Fsp3) is 0.417. The first-order chi connectivity index (χ1) is 14.8. The summed E-state index contributed by atoms with van der Waals surface area (Å²) < 4.78 is 5.25. The largest absolute Gasteiger partial charge is 0.497 e. The van der Waals surface area contributed by atoms with Gasteiger partial charge in [-0.05, 0) is 57.2 Å². The Hall–Kier alpha value is -3.06. The van der Waals surface area contributed by atoms with Crippen LogP contribution < -0.4 is 24.8 Å². The van der Waals surface area contributed by atoms with Gasteiger partial charge in [0.1, 0.15) is 11.3 Å². The number of benzene rings is 2. The molecule has 7 heteroatoms. The van der Waals surface area contributed by atoms with E-state index in [0.717, 1.165) is 37.6 Å². The van der Waals surface area contributed by atoms with Gasteiger partial charge in [0.15, 0.2) is 6.04 Å². The predicted octanol–water partition coefficient (Wildman–Crippen LogP) is 1.55. The average molecular weight is 424 g/mol. The molecule has 4 rings (SSSR count). The van der Waals surface area contributed by atoms with Crippen LogP contribution in [-0.4, -0.2) is 56.7 Å². The first-order valence-corrected chi connectivity index (χ1v) is 10.8. The number of ether oxygens (including phenoxy) is 1. The summed E-state index contributed by atoms with van der Waals surface area (Å²) in [6, 6.07) is 15.4. The number of quaternary nitrogens is 1. The molecule has 2 aromatic rings. The Morgan fingerprint density at radius 3 is 2.39 bits per heavy atom. The summed E-state index contributed by atoms with van der Waals surface area (Å²) in [5.41, 5.74) is 1.68. The van der Waals surface area contributed by atoms with Crippen LogP contribution in [0.1, 0.15) is 20.8 Å². The molecular formula is C24H31N4O3+. The number of fused-ring (bicyclic) bond motifs is 1. The number of carbonyl (C=O) groups excluding carboxylic acids is 2. The Bertz CT molecular complexity index is 965. The highest BCUT2D eigenvalue weighted by Crippen LogP contribution is 2.36. The number of para-hydroxylation sites is 2. The molecule has 2 aromatic carbocycles. The summed E-state index contributed by atoms with van der Waals surface area (Å²) in [4.78, 5) is 31.6. The lowest BCUT2D eigenvalue weighted by molar-refractivity contribution is -0.914. The van der Waals surface area contributed by atoms with E-state index in [1.54, 1.807) is 25.9 Å². The zero-order valence-electron chi connectivity index (χ0n) is 18.6. The van der Waals surface area contributed by atoms with E-state index in [1.807, 2.05) is 43.3 Å². The van der Waals surface area contributed by atoms with Gasteiger partial charge in [-0.1, -0.05) is 12.1 Å². The molecule has 1 atom stereocenters. The van der Waals surface area contributed by atoms with E-state index >= 15 is 0 Å². The summed E-state index contributed by atoms with van der Waals surface area (Å²) in [6.07, 6.45) is 0. The van der Waals surface area contributed by atoms with Gasteiger partial charge in [0.2, 0.25) is 5.91 Å². The molecule has 0 saturated carbocycles. The van der Waals surface area contributed by atoms with Gasteiger partial charge in [0.25, 0.3) is 5.91 Å². The molecule has 0 radical (unpaired) electrons. The molecule has 0 bridgehead atoms. The maximum absolute atomic E-state index is 13.6. The fourth-order valence-electron chi connectivity index (χ4n) is 4.49. The molecule has 7 nitrogen and oxygen atoms in total. The fourth-order valence-corrected chi connectivity index (χ4v) is 4.49. The SMILES string of the molecule is COc1ccc(N2CC[NH+]([C@@H](C)C(=O)N3c4ccccc4NC(=O)C3(C)C)CC2)cc1. The Balaban J connectivity index is 1.48. The predicted molar refractivity (Wildman–Crippen MR) is 122 cm³/mol. The summed E-state index contributed by atoms with van der Waals surface area (Å²) in [5.74, 6) is 0.673. The molecule has 0 aromatic heterocycles. The third-order valence-electron chi connectivity index (χ3n) is 6.55. The normalized spacial score (nSPS) is 19.4. The third-order valence-corrected chi connectivity index (χ3v) is 6.55. The number of carbonyl (C=O) groups is 2. The zero-order valence-corrected chi connectivity index (χ0v) is 18.6. The number of anilines is 3. The molecule has 164 valence electrons. The molecule has 2 aliphatic heterocycles. The van der Waals surface area contributed by atoms with Crippen LogP contribution in [0.25, 0.3) is 0 Å². The van der Waals surface area contributed by atoms with Gasteiger partial charge in [0, 0.05) is 5.69 Å². The van der Waals surface area contributed by atoms with Crippen molar-refractivity contribution < 1.29 is 19.2 Å². The van der Waals surface area contributed by atoms with Crippen LogP contribution in [0.3, 0.4) is 0 Å². The molecule has 2 amide bonds. The quantitative estimate of drug-likeness (QED) is 0.783. The van der Waals surface area contributed by atoms with Crippen molar-refractivity contribution in [3.63, 3.8) is 0 Å². The lowest BCUT2D eigenvalue weighted by Crippen LogP contribution is -3.19. The molecule has 0 unspecified atom stereocenters. The maximum atomic E-state index is 13.6. The summed E-state index contributed by atoms with van der Waals surface area (Å²) in [5, 5.41) is 2.93. The summed E-state index contributed by atoms with van der Waals surface area (Å²) in [6.45, 7) is 9.06. The monoisotopic (exact) mass is 423 g/mol. The zero-order chi connectivity index (χ0) is 22.2. The van der Waals surface area contributed by atoms with Crippen molar-refractivity contribution in [1.82, 2.24) is 0 Å². The van der Waals surface area contributed by atoms with Crippen LogP contribution in [0.2, 0.25) is 0 Å². The molecule has 2 heterocycles. The number of nitrogens with zero attached hydrogens (tertiary/aromatic N) is 2. The van der Waals surface area contributed by atoms with E-state index < -0.39 is 5.54 Å². The van der Waals surface area contributed by atoms with E-state index in [-0.39, 0.29) is 17.9 Å². The van der Waals surface area contributed by atoms with E-state index in [1.165, 1.54) is 10.6 Å². The van der Waals surface area contributed by atoms with Crippen molar-refractivity contribution in [3.8, 4) is 5.75 Å². The summed E-state index contributed by atoms with van der Waals surface area (Å²) in [7, 11) is 1.67. The molecule has 1 fully saturated rings. The van der Waals surface area contributed by atoms with Crippen LogP contribution in [0.4, 0.5) is 17.1 Å². The number of rotatable bonds is 4. The number of hydrogen-bond acceptors (Lipinski definition) is 4. The van der Waals surface area contributed by atoms with Gasteiger partial charge in [-0.25, -0.2) is 0 Å². The minimum absolute atomic E-state index is 0.0137. The number of piperazine rings is 1. The van der Waals surface area contributed by atoms with Crippen molar-refractivity contribution in [2.24, 2.45) is 0 Å². The molecule has 2 N–H and O–H groups in total. The van der Waals surface area contributed by atoms with Crippen molar-refractivity contribution in [2.75, 3.05) is 48.4 Å². The second-order valence-corrected chi connectivity index (χ2v) is 8.77. The van der Waals surface area contributed by atoms with E-state index in [4.69, 9.17) is 4.74 Å². The lowest BCUT2D eigenvalue weighted by atomic mass is 9.95. The highest BCUT2D eigenvalue weighted by Gasteiger charge is 2.46. The van der Waals surface area contributed by atoms with E-state index in [9.17, 15) is 9.59 Å². The van der Waals surface area contributed by atoms with E-state index in [2.05, 4.69) is 22.3 Å². The average Bonchev–Trinajstić information content (AvgIpc) is 2.79. The van der Waals surface area contributed by atoms with Gasteiger partial charge in [-0.15, -0.1) is 0 Å². The Kier molecular flexibility index (Phi) is 5.62. The Morgan fingerprint density at radius 1 is 1.10 bits per heavy atom. The van der Waals surface area contributed by atoms with Gasteiger partial charge >= 0.3 is 0 Å². The first kappa shape index (κ1) is 21.2.